The van der Waals surface area contributed by atoms with Gasteiger partial charge < -0.3 is 19.9 Å². The molecule has 0 radical (unpaired) electrons. The van der Waals surface area contributed by atoms with Gasteiger partial charge in [-0.15, -0.1) is 0 Å². The molecule has 1 aliphatic heterocycles. The van der Waals surface area contributed by atoms with Crippen LogP contribution in [0.3, 0.4) is 0 Å². The van der Waals surface area contributed by atoms with E-state index in [0.29, 0.717) is 37.9 Å². The number of nitrogens with zero attached hydrogens (tertiary/aromatic N) is 2. The third-order valence-electron chi connectivity index (χ3n) is 5.74. The van der Waals surface area contributed by atoms with E-state index in [4.69, 9.17) is 4.74 Å². The van der Waals surface area contributed by atoms with Crippen LogP contribution in [0.25, 0.3) is 0 Å². The van der Waals surface area contributed by atoms with E-state index in [0.717, 1.165) is 25.3 Å². The van der Waals surface area contributed by atoms with Gasteiger partial charge in [0.1, 0.15) is 5.69 Å². The number of likely N-dealkylation sites (tertiary alicyclic amines) is 1. The van der Waals surface area contributed by atoms with Gasteiger partial charge in [0.05, 0.1) is 6.61 Å². The zero-order valence-corrected chi connectivity index (χ0v) is 16.4. The van der Waals surface area contributed by atoms with Crippen LogP contribution in [0.5, 0.6) is 0 Å². The lowest BCUT2D eigenvalue weighted by Gasteiger charge is -2.31. The Kier molecular flexibility index (Phi) is 6.90. The summed E-state index contributed by atoms with van der Waals surface area (Å²) in [6, 6.07) is 4.19. The minimum absolute atomic E-state index is 0.0646. The second-order valence-corrected chi connectivity index (χ2v) is 7.83. The summed E-state index contributed by atoms with van der Waals surface area (Å²) in [5, 5.41) is 3.05. The van der Waals surface area contributed by atoms with Gasteiger partial charge in [-0.2, -0.15) is 0 Å². The Balaban J connectivity index is 1.53. The van der Waals surface area contributed by atoms with Gasteiger partial charge in [0.15, 0.2) is 0 Å². The van der Waals surface area contributed by atoms with Crippen molar-refractivity contribution in [2.75, 3.05) is 40.4 Å². The number of aromatic amines is 1. The van der Waals surface area contributed by atoms with E-state index in [1.54, 1.807) is 24.3 Å². The second-order valence-electron chi connectivity index (χ2n) is 7.83. The number of amides is 2. The van der Waals surface area contributed by atoms with E-state index < -0.39 is 0 Å². The molecule has 0 aromatic carbocycles. The molecule has 2 N–H and O–H groups in total. The van der Waals surface area contributed by atoms with Crippen molar-refractivity contribution in [3.05, 3.63) is 24.0 Å². The van der Waals surface area contributed by atoms with E-state index in [2.05, 4.69) is 15.2 Å². The summed E-state index contributed by atoms with van der Waals surface area (Å²) in [7, 11) is 3.49. The van der Waals surface area contributed by atoms with Crippen LogP contribution in [-0.4, -0.2) is 79.1 Å². The second kappa shape index (κ2) is 9.37. The maximum Gasteiger partial charge on any atom is 0.267 e. The third-order valence-corrected chi connectivity index (χ3v) is 5.74. The molecule has 1 saturated heterocycles. The highest BCUT2D eigenvalue weighted by atomic mass is 16.5. The van der Waals surface area contributed by atoms with Gasteiger partial charge in [-0.25, -0.2) is 0 Å². The molecule has 2 amide bonds. The Morgan fingerprint density at radius 3 is 2.74 bits per heavy atom. The van der Waals surface area contributed by atoms with Crippen molar-refractivity contribution in [2.45, 2.75) is 44.2 Å². The average molecular weight is 377 g/mol. The van der Waals surface area contributed by atoms with Gasteiger partial charge in [0.25, 0.3) is 5.91 Å². The summed E-state index contributed by atoms with van der Waals surface area (Å²) in [5.74, 6) is 0.868. The number of nitrogens with one attached hydrogen (secondary N) is 2. The van der Waals surface area contributed by atoms with Crippen molar-refractivity contribution in [1.82, 2.24) is 20.1 Å². The quantitative estimate of drug-likeness (QED) is 0.648. The third kappa shape index (κ3) is 5.56. The first kappa shape index (κ1) is 19.9. The van der Waals surface area contributed by atoms with Crippen LogP contribution in [0.2, 0.25) is 0 Å². The van der Waals surface area contributed by atoms with Crippen molar-refractivity contribution >= 4 is 11.8 Å². The van der Waals surface area contributed by atoms with E-state index in [1.165, 1.54) is 12.8 Å². The van der Waals surface area contributed by atoms with Crippen molar-refractivity contribution < 1.29 is 14.3 Å². The highest BCUT2D eigenvalue weighted by Crippen LogP contribution is 2.35. The summed E-state index contributed by atoms with van der Waals surface area (Å²) in [4.78, 5) is 32.0. The van der Waals surface area contributed by atoms with Gasteiger partial charge in [0, 0.05) is 58.5 Å². The Labute approximate surface area is 161 Å². The molecule has 1 aliphatic carbocycles. The van der Waals surface area contributed by atoms with Crippen molar-refractivity contribution in [2.24, 2.45) is 5.92 Å². The topological polar surface area (TPSA) is 77.7 Å². The molecule has 2 heterocycles. The van der Waals surface area contributed by atoms with Crippen molar-refractivity contribution in [1.29, 1.82) is 0 Å². The van der Waals surface area contributed by atoms with Crippen molar-refractivity contribution in [3.63, 3.8) is 0 Å². The lowest BCUT2D eigenvalue weighted by Crippen LogP contribution is -2.45. The highest BCUT2D eigenvalue weighted by molar-refractivity contribution is 5.92. The van der Waals surface area contributed by atoms with E-state index in [9.17, 15) is 9.59 Å². The number of rotatable bonds is 10. The highest BCUT2D eigenvalue weighted by Gasteiger charge is 2.38. The van der Waals surface area contributed by atoms with Crippen LogP contribution in [0.15, 0.2) is 18.3 Å². The summed E-state index contributed by atoms with van der Waals surface area (Å²) in [6.07, 6.45) is 6.91. The lowest BCUT2D eigenvalue weighted by atomic mass is 10.1. The fourth-order valence-corrected chi connectivity index (χ4v) is 3.84. The van der Waals surface area contributed by atoms with Crippen LogP contribution in [-0.2, 0) is 9.53 Å². The van der Waals surface area contributed by atoms with E-state index in [1.807, 2.05) is 13.1 Å². The lowest BCUT2D eigenvalue weighted by molar-refractivity contribution is -0.131. The SMILES string of the molecule is COCCN(C)C(=O)C[C@H]1CC[C@@H](CNC(=O)c2ccc[nH]2)N1CC1CC1. The number of ether oxygens (including phenoxy) is 1. The van der Waals surface area contributed by atoms with E-state index in [-0.39, 0.29) is 17.9 Å². The number of methoxy groups -OCH3 is 1. The monoisotopic (exact) mass is 376 g/mol. The summed E-state index contributed by atoms with van der Waals surface area (Å²) in [5.41, 5.74) is 0.591. The fourth-order valence-electron chi connectivity index (χ4n) is 3.84. The van der Waals surface area contributed by atoms with Gasteiger partial charge >= 0.3 is 0 Å². The molecule has 2 atom stereocenters. The normalized spacial score (nSPS) is 22.7. The van der Waals surface area contributed by atoms with Gasteiger partial charge in [-0.1, -0.05) is 0 Å². The summed E-state index contributed by atoms with van der Waals surface area (Å²) >= 11 is 0. The molecule has 1 saturated carbocycles. The molecule has 3 rings (SSSR count). The molecule has 150 valence electrons. The zero-order chi connectivity index (χ0) is 19.2. The van der Waals surface area contributed by atoms with Crippen molar-refractivity contribution in [3.8, 4) is 0 Å². The van der Waals surface area contributed by atoms with Crippen LogP contribution in [0, 0.1) is 5.92 Å². The predicted octanol–water partition coefficient (Wildman–Crippen LogP) is 1.48. The number of likely N-dealkylation sites (N-methyl/N-ethyl adjacent to an activating group) is 1. The van der Waals surface area contributed by atoms with Crippen LogP contribution >= 0.6 is 0 Å². The Morgan fingerprint density at radius 1 is 1.30 bits per heavy atom. The number of aromatic nitrogens is 1. The van der Waals surface area contributed by atoms with Crippen LogP contribution in [0.4, 0.5) is 0 Å². The first-order valence-electron chi connectivity index (χ1n) is 9.98. The molecule has 7 nitrogen and oxygen atoms in total. The van der Waals surface area contributed by atoms with Crippen LogP contribution < -0.4 is 5.32 Å². The number of hydrogen-bond acceptors (Lipinski definition) is 4. The van der Waals surface area contributed by atoms with Crippen LogP contribution in [0.1, 0.15) is 42.6 Å². The zero-order valence-electron chi connectivity index (χ0n) is 16.4. The minimum Gasteiger partial charge on any atom is -0.383 e. The minimum atomic E-state index is -0.0646. The molecular weight excluding hydrogens is 344 g/mol. The number of carbonyl (C=O) groups is 2. The molecule has 0 bridgehead atoms. The summed E-state index contributed by atoms with van der Waals surface area (Å²) < 4.78 is 5.07. The maximum absolute atomic E-state index is 12.5. The molecule has 0 spiro atoms. The molecule has 27 heavy (non-hydrogen) atoms. The summed E-state index contributed by atoms with van der Waals surface area (Å²) in [6.45, 7) is 2.87. The smallest absolute Gasteiger partial charge is 0.267 e. The largest absolute Gasteiger partial charge is 0.383 e. The molecule has 0 unspecified atom stereocenters. The van der Waals surface area contributed by atoms with Gasteiger partial charge in [-0.05, 0) is 43.7 Å². The molecule has 2 aliphatic rings. The number of hydrogen-bond donors (Lipinski definition) is 2. The molecule has 2 fully saturated rings. The molecular formula is C20H32N4O3. The average Bonchev–Trinajstić information content (AvgIpc) is 3.16. The van der Waals surface area contributed by atoms with Gasteiger partial charge in [-0.3, -0.25) is 14.5 Å². The predicted molar refractivity (Wildman–Crippen MR) is 103 cm³/mol. The molecule has 7 heteroatoms. The maximum atomic E-state index is 12.5. The number of carbonyl (C=O) groups excluding carboxylic acids is 2. The Morgan fingerprint density at radius 2 is 2.07 bits per heavy atom. The first-order chi connectivity index (χ1) is 13.1. The van der Waals surface area contributed by atoms with Gasteiger partial charge in [0.2, 0.25) is 5.91 Å². The van der Waals surface area contributed by atoms with E-state index >= 15 is 0 Å². The Hall–Kier alpha value is -1.86. The Bertz CT molecular complexity index is 615. The number of H-pyrrole nitrogens is 1. The fraction of sp³-hybridized carbons (Fsp3) is 0.700. The first-order valence-corrected chi connectivity index (χ1v) is 9.98. The molecule has 1 aromatic heterocycles. The molecule has 1 aromatic rings. The standard InChI is InChI=1S/C20H32N4O3/c1-23(10-11-27-2)19(25)12-16-7-8-17(24(16)14-15-5-6-15)13-22-20(26)18-4-3-9-21-18/h3-4,9,15-17,21H,5-8,10-14H2,1-2H3,(H,22,26)/t16-,17+/m1/s1.